The van der Waals surface area contributed by atoms with Gasteiger partial charge in [0.25, 0.3) is 5.91 Å². The molecule has 1 aliphatic heterocycles. The fourth-order valence-electron chi connectivity index (χ4n) is 2.64. The molecule has 0 aliphatic carbocycles. The van der Waals surface area contributed by atoms with E-state index in [9.17, 15) is 9.90 Å². The number of likely N-dealkylation sites (tertiary alicyclic amines) is 1. The van der Waals surface area contributed by atoms with Gasteiger partial charge in [-0.2, -0.15) is 0 Å². The lowest BCUT2D eigenvalue weighted by Gasteiger charge is -2.47. The maximum atomic E-state index is 12.2. The average molecular weight is 277 g/mol. The van der Waals surface area contributed by atoms with E-state index in [1.54, 1.807) is 11.8 Å². The smallest absolute Gasteiger partial charge is 0.263 e. The molecule has 1 heterocycles. The second-order valence-corrected chi connectivity index (χ2v) is 5.75. The molecular formula is C16H23NO3. The Balaban J connectivity index is 1.88. The number of carbonyl (C=O) groups excluding carboxylic acids is 1. The van der Waals surface area contributed by atoms with Crippen LogP contribution in [0.15, 0.2) is 24.3 Å². The number of benzene rings is 1. The number of hydrogen-bond acceptors (Lipinski definition) is 3. The Morgan fingerprint density at radius 2 is 2.20 bits per heavy atom. The summed E-state index contributed by atoms with van der Waals surface area (Å²) in [7, 11) is 0. The van der Waals surface area contributed by atoms with Crippen LogP contribution in [0.25, 0.3) is 0 Å². The minimum Gasteiger partial charge on any atom is -0.481 e. The van der Waals surface area contributed by atoms with Crippen molar-refractivity contribution in [2.75, 3.05) is 13.1 Å². The van der Waals surface area contributed by atoms with Gasteiger partial charge < -0.3 is 14.7 Å². The molecule has 1 unspecified atom stereocenters. The summed E-state index contributed by atoms with van der Waals surface area (Å²) in [5.41, 5.74) is 0.413. The number of nitrogens with zero attached hydrogens (tertiary/aromatic N) is 1. The van der Waals surface area contributed by atoms with E-state index in [0.29, 0.717) is 18.8 Å². The van der Waals surface area contributed by atoms with Crippen LogP contribution in [-0.2, 0) is 4.79 Å². The van der Waals surface area contributed by atoms with Gasteiger partial charge in [-0.15, -0.1) is 0 Å². The largest absolute Gasteiger partial charge is 0.481 e. The second-order valence-electron chi connectivity index (χ2n) is 5.75. The maximum absolute atomic E-state index is 12.2. The van der Waals surface area contributed by atoms with Gasteiger partial charge in [-0.1, -0.05) is 25.5 Å². The first-order valence-electron chi connectivity index (χ1n) is 7.18. The van der Waals surface area contributed by atoms with Gasteiger partial charge in [0.05, 0.1) is 18.7 Å². The van der Waals surface area contributed by atoms with Crippen molar-refractivity contribution in [1.29, 1.82) is 0 Å². The van der Waals surface area contributed by atoms with Gasteiger partial charge in [-0.25, -0.2) is 0 Å². The molecular weight excluding hydrogens is 254 g/mol. The Kier molecular flexibility index (Phi) is 4.33. The van der Waals surface area contributed by atoms with Crippen LogP contribution in [0.3, 0.4) is 0 Å². The molecule has 110 valence electrons. The Labute approximate surface area is 120 Å². The summed E-state index contributed by atoms with van der Waals surface area (Å²) in [6.45, 7) is 6.61. The van der Waals surface area contributed by atoms with Crippen molar-refractivity contribution in [3.8, 4) is 5.75 Å². The monoisotopic (exact) mass is 277 g/mol. The van der Waals surface area contributed by atoms with Crippen molar-refractivity contribution in [3.63, 3.8) is 0 Å². The summed E-state index contributed by atoms with van der Waals surface area (Å²) in [4.78, 5) is 13.9. The zero-order valence-corrected chi connectivity index (χ0v) is 12.4. The van der Waals surface area contributed by atoms with E-state index in [4.69, 9.17) is 4.74 Å². The third kappa shape index (κ3) is 3.31. The van der Waals surface area contributed by atoms with Crippen molar-refractivity contribution in [2.45, 2.75) is 45.3 Å². The number of hydrogen-bond donors (Lipinski definition) is 1. The first-order chi connectivity index (χ1) is 9.43. The minimum absolute atomic E-state index is 0.0627. The number of aryl methyl sites for hydroxylation is 1. The van der Waals surface area contributed by atoms with E-state index in [0.717, 1.165) is 18.4 Å². The molecule has 1 atom stereocenters. The Hall–Kier alpha value is -1.55. The van der Waals surface area contributed by atoms with Crippen LogP contribution in [0.5, 0.6) is 5.75 Å². The van der Waals surface area contributed by atoms with Gasteiger partial charge in [-0.05, 0) is 38.0 Å². The number of ether oxygens (including phenoxy) is 1. The van der Waals surface area contributed by atoms with E-state index in [1.165, 1.54) is 0 Å². The molecule has 1 saturated heterocycles. The van der Waals surface area contributed by atoms with E-state index in [1.807, 2.05) is 38.1 Å². The fourth-order valence-corrected chi connectivity index (χ4v) is 2.64. The third-order valence-corrected chi connectivity index (χ3v) is 3.65. The Morgan fingerprint density at radius 1 is 1.50 bits per heavy atom. The topological polar surface area (TPSA) is 49.8 Å². The molecule has 4 heteroatoms. The van der Waals surface area contributed by atoms with Gasteiger partial charge in [0.2, 0.25) is 0 Å². The summed E-state index contributed by atoms with van der Waals surface area (Å²) < 4.78 is 5.67. The van der Waals surface area contributed by atoms with Crippen molar-refractivity contribution in [3.05, 3.63) is 29.8 Å². The third-order valence-electron chi connectivity index (χ3n) is 3.65. The standard InChI is InChI=1S/C16H23NO3/c1-4-8-16(19)10-17(11-16)15(18)13(3)20-14-7-5-6-12(2)9-14/h5-7,9,13,19H,4,8,10-11H2,1-3H3. The molecule has 1 aromatic rings. The minimum atomic E-state index is -0.687. The number of aliphatic hydroxyl groups is 1. The lowest BCUT2D eigenvalue weighted by atomic mass is 9.89. The van der Waals surface area contributed by atoms with Crippen molar-refractivity contribution in [2.24, 2.45) is 0 Å². The van der Waals surface area contributed by atoms with E-state index in [-0.39, 0.29) is 5.91 Å². The van der Waals surface area contributed by atoms with Crippen LogP contribution >= 0.6 is 0 Å². The summed E-state index contributed by atoms with van der Waals surface area (Å²) in [5.74, 6) is 0.641. The summed E-state index contributed by atoms with van der Waals surface area (Å²) in [6.07, 6.45) is 1.14. The number of rotatable bonds is 5. The predicted molar refractivity (Wildman–Crippen MR) is 77.7 cm³/mol. The number of β-amino-alcohol motifs (C(OH)–C–C–N with tert-alkyl or cyclic N) is 1. The predicted octanol–water partition coefficient (Wildman–Crippen LogP) is 2.14. The molecule has 20 heavy (non-hydrogen) atoms. The highest BCUT2D eigenvalue weighted by atomic mass is 16.5. The van der Waals surface area contributed by atoms with Crippen LogP contribution in [0.2, 0.25) is 0 Å². The van der Waals surface area contributed by atoms with Crippen LogP contribution in [0, 0.1) is 6.92 Å². The van der Waals surface area contributed by atoms with Gasteiger partial charge in [-0.3, -0.25) is 4.79 Å². The fraction of sp³-hybridized carbons (Fsp3) is 0.562. The second kappa shape index (κ2) is 5.83. The van der Waals surface area contributed by atoms with Crippen LogP contribution in [0.4, 0.5) is 0 Å². The van der Waals surface area contributed by atoms with Crippen molar-refractivity contribution < 1.29 is 14.6 Å². The molecule has 1 aromatic carbocycles. The zero-order chi connectivity index (χ0) is 14.8. The first kappa shape index (κ1) is 14.9. The van der Waals surface area contributed by atoms with Crippen LogP contribution < -0.4 is 4.74 Å². The molecule has 0 bridgehead atoms. The molecule has 0 aromatic heterocycles. The lowest BCUT2D eigenvalue weighted by molar-refractivity contribution is -0.162. The molecule has 4 nitrogen and oxygen atoms in total. The Morgan fingerprint density at radius 3 is 2.80 bits per heavy atom. The van der Waals surface area contributed by atoms with E-state index in [2.05, 4.69) is 0 Å². The van der Waals surface area contributed by atoms with Gasteiger partial charge in [0, 0.05) is 0 Å². The zero-order valence-electron chi connectivity index (χ0n) is 12.4. The molecule has 1 aliphatic rings. The molecule has 0 spiro atoms. The lowest BCUT2D eigenvalue weighted by Crippen LogP contribution is -2.65. The van der Waals surface area contributed by atoms with E-state index < -0.39 is 11.7 Å². The summed E-state index contributed by atoms with van der Waals surface area (Å²) in [6, 6.07) is 7.65. The maximum Gasteiger partial charge on any atom is 0.263 e. The van der Waals surface area contributed by atoms with Crippen molar-refractivity contribution >= 4 is 5.91 Å². The molecule has 1 N–H and O–H groups in total. The number of carbonyl (C=O) groups is 1. The highest BCUT2D eigenvalue weighted by Crippen LogP contribution is 2.27. The highest BCUT2D eigenvalue weighted by molar-refractivity contribution is 5.82. The molecule has 1 amide bonds. The molecule has 0 radical (unpaired) electrons. The number of amides is 1. The van der Waals surface area contributed by atoms with Crippen LogP contribution in [-0.4, -0.2) is 40.7 Å². The average Bonchev–Trinajstić information content (AvgIpc) is 2.35. The summed E-state index contributed by atoms with van der Waals surface area (Å²) >= 11 is 0. The van der Waals surface area contributed by atoms with E-state index >= 15 is 0 Å². The molecule has 1 fully saturated rings. The molecule has 2 rings (SSSR count). The Bertz CT molecular complexity index is 480. The van der Waals surface area contributed by atoms with Crippen molar-refractivity contribution in [1.82, 2.24) is 4.90 Å². The molecule has 0 saturated carbocycles. The van der Waals surface area contributed by atoms with Crippen LogP contribution in [0.1, 0.15) is 32.3 Å². The SMILES string of the molecule is CCCC1(O)CN(C(=O)C(C)Oc2cccc(C)c2)C1. The van der Waals surface area contributed by atoms with Gasteiger partial charge >= 0.3 is 0 Å². The highest BCUT2D eigenvalue weighted by Gasteiger charge is 2.44. The summed E-state index contributed by atoms with van der Waals surface area (Å²) in [5, 5.41) is 10.1. The van der Waals surface area contributed by atoms with Gasteiger partial charge in [0.15, 0.2) is 6.10 Å². The van der Waals surface area contributed by atoms with Gasteiger partial charge in [0.1, 0.15) is 5.75 Å². The quantitative estimate of drug-likeness (QED) is 0.897. The first-order valence-corrected chi connectivity index (χ1v) is 7.18. The normalized spacial score (nSPS) is 18.3.